The van der Waals surface area contributed by atoms with Gasteiger partial charge in [-0.15, -0.1) is 0 Å². The van der Waals surface area contributed by atoms with Crippen LogP contribution in [-0.2, 0) is 25.7 Å². The molecule has 2 saturated heterocycles. The third kappa shape index (κ3) is 5.52. The van der Waals surface area contributed by atoms with Crippen molar-refractivity contribution in [1.29, 1.82) is 0 Å². The lowest BCUT2D eigenvalue weighted by molar-refractivity contribution is -0.177. The summed E-state index contributed by atoms with van der Waals surface area (Å²) in [5, 5.41) is 16.0. The predicted molar refractivity (Wildman–Crippen MR) is 121 cm³/mol. The fraction of sp³-hybridized carbons (Fsp3) is 0.375. The number of carbonyl (C=O) groups is 3. The number of methoxy groups -OCH3 is 1. The maximum Gasteiger partial charge on any atom is 0.279 e. The Labute approximate surface area is 196 Å². The van der Waals surface area contributed by atoms with Crippen molar-refractivity contribution in [3.63, 3.8) is 0 Å². The molecule has 1 aromatic rings. The number of rotatable bonds is 9. The number of amides is 3. The summed E-state index contributed by atoms with van der Waals surface area (Å²) in [7, 11) is 1.56. The van der Waals surface area contributed by atoms with E-state index in [1.54, 1.807) is 44.5 Å². The highest BCUT2D eigenvalue weighted by Crippen LogP contribution is 2.33. The van der Waals surface area contributed by atoms with E-state index in [1.165, 1.54) is 12.1 Å². The van der Waals surface area contributed by atoms with E-state index in [9.17, 15) is 23.9 Å². The highest BCUT2D eigenvalue weighted by Gasteiger charge is 2.51. The molecule has 2 aliphatic rings. The molecule has 2 aliphatic heterocycles. The Balaban J connectivity index is 1.78. The molecular formula is C24H28FN3O6. The third-order valence-corrected chi connectivity index (χ3v) is 5.51. The molecule has 1 unspecified atom stereocenters. The van der Waals surface area contributed by atoms with E-state index >= 15 is 0 Å². The smallest absolute Gasteiger partial charge is 0.279 e. The summed E-state index contributed by atoms with van der Waals surface area (Å²) in [6, 6.07) is 4.41. The molecule has 3 rings (SSSR count). The first-order chi connectivity index (χ1) is 16.3. The van der Waals surface area contributed by atoms with Crippen LogP contribution in [0.3, 0.4) is 0 Å². The minimum Gasteiger partial charge on any atom is -0.491 e. The number of hydrogen-bond acceptors (Lipinski definition) is 7. The molecule has 2 heterocycles. The van der Waals surface area contributed by atoms with Crippen LogP contribution in [0.15, 0.2) is 53.8 Å². The minimum atomic E-state index is -2.13. The van der Waals surface area contributed by atoms with Gasteiger partial charge in [0.15, 0.2) is 0 Å². The molecule has 182 valence electrons. The fourth-order valence-electron chi connectivity index (χ4n) is 3.65. The van der Waals surface area contributed by atoms with Gasteiger partial charge in [0.05, 0.1) is 13.2 Å². The van der Waals surface area contributed by atoms with Gasteiger partial charge in [-0.2, -0.15) is 0 Å². The number of carbonyl (C=O) groups excluding carboxylic acids is 3. The van der Waals surface area contributed by atoms with Crippen molar-refractivity contribution in [3.8, 4) is 5.75 Å². The molecule has 2 fully saturated rings. The van der Waals surface area contributed by atoms with Crippen molar-refractivity contribution in [2.75, 3.05) is 26.9 Å². The molecule has 0 saturated carbocycles. The second kappa shape index (κ2) is 11.1. The molecule has 0 aliphatic carbocycles. The standard InChI is InChI=1S/C24H28FN3O6/c1-3-4-5-19-17(15-28(22(19)30)24(32)9-8-21(29)27-23(24)31)14-26-13-16-12-18(6-7-20(16)25)34-11-10-33-2/h3-7,12,14,26,32H,8-11,13,15H2,1-2H3,(H,27,29,31)/b4-3-,17-14+,19-5+. The summed E-state index contributed by atoms with van der Waals surface area (Å²) in [5.74, 6) is -1.89. The van der Waals surface area contributed by atoms with Crippen molar-refractivity contribution in [1.82, 2.24) is 15.5 Å². The molecule has 0 radical (unpaired) electrons. The lowest BCUT2D eigenvalue weighted by atomic mass is 10.00. The third-order valence-electron chi connectivity index (χ3n) is 5.51. The molecule has 1 aromatic carbocycles. The SMILES string of the molecule is C\C=C/C=C1/C(=O)N(C2(O)CCC(=O)NC2=O)C/C1=C\NCc1cc(OCCOC)ccc1F. The van der Waals surface area contributed by atoms with Crippen LogP contribution >= 0.6 is 0 Å². The van der Waals surface area contributed by atoms with Gasteiger partial charge >= 0.3 is 0 Å². The Morgan fingerprint density at radius 3 is 2.79 bits per heavy atom. The Morgan fingerprint density at radius 2 is 2.09 bits per heavy atom. The van der Waals surface area contributed by atoms with Crippen LogP contribution in [0.4, 0.5) is 4.39 Å². The Morgan fingerprint density at radius 1 is 1.29 bits per heavy atom. The molecule has 10 heteroatoms. The normalized spacial score (nSPS) is 23.3. The first-order valence-corrected chi connectivity index (χ1v) is 10.8. The van der Waals surface area contributed by atoms with Crippen molar-refractivity contribution >= 4 is 17.7 Å². The molecule has 9 nitrogen and oxygen atoms in total. The zero-order chi connectivity index (χ0) is 24.7. The number of aliphatic hydroxyl groups is 1. The molecule has 0 spiro atoms. The molecular weight excluding hydrogens is 445 g/mol. The van der Waals surface area contributed by atoms with Crippen molar-refractivity contribution < 1.29 is 33.4 Å². The first kappa shape index (κ1) is 25.1. The summed E-state index contributed by atoms with van der Waals surface area (Å²) in [6.07, 6.45) is 6.26. The van der Waals surface area contributed by atoms with E-state index in [1.807, 2.05) is 0 Å². The van der Waals surface area contributed by atoms with Gasteiger partial charge in [-0.3, -0.25) is 24.6 Å². The van der Waals surface area contributed by atoms with E-state index in [-0.39, 0.29) is 31.5 Å². The Kier molecular flexibility index (Phi) is 8.19. The monoisotopic (exact) mass is 473 g/mol. The Bertz CT molecular complexity index is 1050. The van der Waals surface area contributed by atoms with Crippen LogP contribution in [-0.4, -0.2) is 60.3 Å². The lowest BCUT2D eigenvalue weighted by Gasteiger charge is -2.37. The number of ether oxygens (including phenoxy) is 2. The number of nitrogens with one attached hydrogen (secondary N) is 2. The molecule has 1 atom stereocenters. The summed E-state index contributed by atoms with van der Waals surface area (Å²) in [6.45, 7) is 2.57. The van der Waals surface area contributed by atoms with Gasteiger partial charge in [0.1, 0.15) is 18.2 Å². The van der Waals surface area contributed by atoms with Gasteiger partial charge in [0.25, 0.3) is 11.8 Å². The molecule has 0 bridgehead atoms. The lowest BCUT2D eigenvalue weighted by Crippen LogP contribution is -2.63. The van der Waals surface area contributed by atoms with Crippen LogP contribution in [0.25, 0.3) is 0 Å². The topological polar surface area (TPSA) is 117 Å². The summed E-state index contributed by atoms with van der Waals surface area (Å²) in [5.41, 5.74) is -0.985. The number of likely N-dealkylation sites (tertiary alicyclic amines) is 1. The van der Waals surface area contributed by atoms with Crippen molar-refractivity contribution in [2.24, 2.45) is 0 Å². The van der Waals surface area contributed by atoms with Gasteiger partial charge in [0.2, 0.25) is 11.6 Å². The van der Waals surface area contributed by atoms with Gasteiger partial charge in [-0.05, 0) is 31.2 Å². The average Bonchev–Trinajstić information content (AvgIpc) is 3.13. The molecule has 3 N–H and O–H groups in total. The van der Waals surface area contributed by atoms with Gasteiger partial charge in [-0.25, -0.2) is 4.39 Å². The summed E-state index contributed by atoms with van der Waals surface area (Å²) >= 11 is 0. The van der Waals surface area contributed by atoms with Gasteiger partial charge < -0.3 is 19.9 Å². The number of hydrogen-bond donors (Lipinski definition) is 3. The largest absolute Gasteiger partial charge is 0.491 e. The number of halogens is 1. The van der Waals surface area contributed by atoms with Gasteiger partial charge in [-0.1, -0.05) is 12.2 Å². The van der Waals surface area contributed by atoms with Crippen LogP contribution in [0.1, 0.15) is 25.3 Å². The van der Waals surface area contributed by atoms with E-state index in [0.29, 0.717) is 30.1 Å². The van der Waals surface area contributed by atoms with Gasteiger partial charge in [0, 0.05) is 49.4 Å². The number of nitrogens with zero attached hydrogens (tertiary/aromatic N) is 1. The first-order valence-electron chi connectivity index (χ1n) is 10.8. The van der Waals surface area contributed by atoms with Crippen LogP contribution in [0, 0.1) is 5.82 Å². The zero-order valence-corrected chi connectivity index (χ0v) is 19.1. The fourth-order valence-corrected chi connectivity index (χ4v) is 3.65. The quantitative estimate of drug-likeness (QED) is 0.281. The maximum absolute atomic E-state index is 14.3. The molecule has 3 amide bonds. The minimum absolute atomic E-state index is 0.0595. The zero-order valence-electron chi connectivity index (χ0n) is 19.1. The van der Waals surface area contributed by atoms with Crippen LogP contribution in [0.2, 0.25) is 0 Å². The molecule has 0 aromatic heterocycles. The number of piperidine rings is 1. The van der Waals surface area contributed by atoms with Crippen LogP contribution in [0.5, 0.6) is 5.75 Å². The second-order valence-electron chi connectivity index (χ2n) is 7.84. The van der Waals surface area contributed by atoms with E-state index < -0.39 is 29.3 Å². The number of benzene rings is 1. The van der Waals surface area contributed by atoms with E-state index in [2.05, 4.69) is 10.6 Å². The number of allylic oxidation sites excluding steroid dienone is 3. The van der Waals surface area contributed by atoms with Crippen LogP contribution < -0.4 is 15.4 Å². The highest BCUT2D eigenvalue weighted by atomic mass is 19.1. The van der Waals surface area contributed by atoms with Crippen molar-refractivity contribution in [2.45, 2.75) is 32.0 Å². The van der Waals surface area contributed by atoms with E-state index in [4.69, 9.17) is 9.47 Å². The number of imide groups is 1. The predicted octanol–water partition coefficient (Wildman–Crippen LogP) is 1.29. The molecule has 34 heavy (non-hydrogen) atoms. The summed E-state index contributed by atoms with van der Waals surface area (Å²) in [4.78, 5) is 37.9. The highest BCUT2D eigenvalue weighted by molar-refractivity contribution is 6.08. The van der Waals surface area contributed by atoms with Crippen molar-refractivity contribution in [3.05, 3.63) is 65.2 Å². The maximum atomic E-state index is 14.3. The van der Waals surface area contributed by atoms with E-state index in [0.717, 1.165) is 4.90 Å². The Hall–Kier alpha value is -3.50. The second-order valence-corrected chi connectivity index (χ2v) is 7.84. The average molecular weight is 474 g/mol. The summed E-state index contributed by atoms with van der Waals surface area (Å²) < 4.78 is 24.7.